The number of carbonyl (C=O) groups is 2. The van der Waals surface area contributed by atoms with E-state index in [-0.39, 0.29) is 17.9 Å². The molecule has 7 heteroatoms. The van der Waals surface area contributed by atoms with E-state index in [4.69, 9.17) is 4.74 Å². The fourth-order valence-electron chi connectivity index (χ4n) is 3.93. The van der Waals surface area contributed by atoms with Crippen LogP contribution in [0, 0.1) is 0 Å². The molecule has 1 aromatic heterocycles. The summed E-state index contributed by atoms with van der Waals surface area (Å²) in [5.41, 5.74) is 2.32. The highest BCUT2D eigenvalue weighted by Crippen LogP contribution is 2.18. The van der Waals surface area contributed by atoms with E-state index in [0.717, 1.165) is 37.3 Å². The second-order valence-electron chi connectivity index (χ2n) is 7.98. The van der Waals surface area contributed by atoms with E-state index in [1.54, 1.807) is 21.9 Å². The number of aryl methyl sites for hydroxylation is 2. The lowest BCUT2D eigenvalue weighted by atomic mass is 10.1. The minimum absolute atomic E-state index is 0.00866. The minimum atomic E-state index is -0.0332. The quantitative estimate of drug-likeness (QED) is 0.797. The number of rotatable bonds is 4. The minimum Gasteiger partial charge on any atom is -0.491 e. The lowest BCUT2D eigenvalue weighted by Crippen LogP contribution is -2.50. The van der Waals surface area contributed by atoms with Crippen molar-refractivity contribution in [3.63, 3.8) is 0 Å². The molecule has 3 heterocycles. The van der Waals surface area contributed by atoms with Gasteiger partial charge < -0.3 is 14.5 Å². The van der Waals surface area contributed by atoms with Crippen LogP contribution in [0.1, 0.15) is 53.2 Å². The molecule has 29 heavy (non-hydrogen) atoms. The van der Waals surface area contributed by atoms with Crippen LogP contribution in [0.5, 0.6) is 5.75 Å². The molecule has 1 aromatic carbocycles. The molecule has 0 spiro atoms. The average Bonchev–Trinajstić information content (AvgIpc) is 3.17. The molecule has 0 N–H and O–H groups in total. The summed E-state index contributed by atoms with van der Waals surface area (Å²) in [5.74, 6) is 0.717. The van der Waals surface area contributed by atoms with Gasteiger partial charge in [-0.2, -0.15) is 5.10 Å². The van der Waals surface area contributed by atoms with Crippen LogP contribution in [-0.4, -0.2) is 63.7 Å². The van der Waals surface area contributed by atoms with Gasteiger partial charge in [-0.1, -0.05) is 0 Å². The summed E-state index contributed by atoms with van der Waals surface area (Å²) < 4.78 is 7.59. The molecule has 0 unspecified atom stereocenters. The van der Waals surface area contributed by atoms with Crippen molar-refractivity contribution >= 4 is 11.8 Å². The highest BCUT2D eigenvalue weighted by molar-refractivity contribution is 5.95. The van der Waals surface area contributed by atoms with Gasteiger partial charge in [-0.15, -0.1) is 0 Å². The molecule has 0 atom stereocenters. The summed E-state index contributed by atoms with van der Waals surface area (Å²) in [6.07, 6.45) is 3.37. The average molecular weight is 396 g/mol. The molecule has 0 saturated carbocycles. The van der Waals surface area contributed by atoms with E-state index in [9.17, 15) is 9.59 Å². The number of ether oxygens (including phenoxy) is 1. The molecule has 2 aliphatic heterocycles. The molecular formula is C22H28N4O3. The Morgan fingerprint density at radius 2 is 1.59 bits per heavy atom. The van der Waals surface area contributed by atoms with Crippen molar-refractivity contribution in [1.82, 2.24) is 19.6 Å². The van der Waals surface area contributed by atoms with Gasteiger partial charge in [0.05, 0.1) is 6.10 Å². The van der Waals surface area contributed by atoms with Crippen LogP contribution in [0.2, 0.25) is 0 Å². The third-order valence-corrected chi connectivity index (χ3v) is 5.46. The molecule has 0 bridgehead atoms. The maximum atomic E-state index is 12.8. The zero-order valence-corrected chi connectivity index (χ0v) is 17.1. The van der Waals surface area contributed by atoms with Crippen molar-refractivity contribution in [2.45, 2.75) is 45.8 Å². The van der Waals surface area contributed by atoms with Crippen LogP contribution in [0.3, 0.4) is 0 Å². The van der Waals surface area contributed by atoms with Crippen LogP contribution in [-0.2, 0) is 13.0 Å². The number of benzene rings is 1. The van der Waals surface area contributed by atoms with Gasteiger partial charge >= 0.3 is 0 Å². The molecule has 7 nitrogen and oxygen atoms in total. The topological polar surface area (TPSA) is 67.7 Å². The Labute approximate surface area is 171 Å². The van der Waals surface area contributed by atoms with Gasteiger partial charge in [0, 0.05) is 44.0 Å². The Balaban J connectivity index is 1.34. The normalized spacial score (nSPS) is 16.7. The molecule has 1 saturated heterocycles. The second kappa shape index (κ2) is 8.27. The molecular weight excluding hydrogens is 368 g/mol. The SMILES string of the molecule is CC(C)Oc1ccc(C(=O)N2CCN(C(=O)c3cc4n(n3)CCCC4)CC2)cc1. The lowest BCUT2D eigenvalue weighted by molar-refractivity contribution is 0.0531. The first-order valence-corrected chi connectivity index (χ1v) is 10.4. The first-order valence-electron chi connectivity index (χ1n) is 10.4. The highest BCUT2D eigenvalue weighted by atomic mass is 16.5. The maximum Gasteiger partial charge on any atom is 0.274 e. The predicted octanol–water partition coefficient (Wildman–Crippen LogP) is 2.60. The summed E-state index contributed by atoms with van der Waals surface area (Å²) >= 11 is 0. The lowest BCUT2D eigenvalue weighted by Gasteiger charge is -2.34. The van der Waals surface area contributed by atoms with Crippen molar-refractivity contribution in [2.75, 3.05) is 26.2 Å². The predicted molar refractivity (Wildman–Crippen MR) is 109 cm³/mol. The van der Waals surface area contributed by atoms with Gasteiger partial charge in [-0.3, -0.25) is 14.3 Å². The van der Waals surface area contributed by atoms with Crippen molar-refractivity contribution < 1.29 is 14.3 Å². The number of hydrogen-bond donors (Lipinski definition) is 0. The fraction of sp³-hybridized carbons (Fsp3) is 0.500. The van der Waals surface area contributed by atoms with Gasteiger partial charge in [0.15, 0.2) is 5.69 Å². The van der Waals surface area contributed by atoms with Gasteiger partial charge in [0.1, 0.15) is 5.75 Å². The van der Waals surface area contributed by atoms with Crippen molar-refractivity contribution in [3.05, 3.63) is 47.3 Å². The molecule has 2 aliphatic rings. The summed E-state index contributed by atoms with van der Waals surface area (Å²) in [7, 11) is 0. The number of amides is 2. The van der Waals surface area contributed by atoms with Gasteiger partial charge in [0.25, 0.3) is 11.8 Å². The summed E-state index contributed by atoms with van der Waals surface area (Å²) in [5, 5.41) is 4.49. The van der Waals surface area contributed by atoms with Crippen molar-refractivity contribution in [2.24, 2.45) is 0 Å². The van der Waals surface area contributed by atoms with Gasteiger partial charge in [-0.05, 0) is 63.4 Å². The summed E-state index contributed by atoms with van der Waals surface area (Å²) in [6, 6.07) is 9.18. The monoisotopic (exact) mass is 396 g/mol. The molecule has 0 radical (unpaired) electrons. The van der Waals surface area contributed by atoms with E-state index in [1.165, 1.54) is 0 Å². The largest absolute Gasteiger partial charge is 0.491 e. The molecule has 2 aromatic rings. The third-order valence-electron chi connectivity index (χ3n) is 5.46. The number of carbonyl (C=O) groups excluding carboxylic acids is 2. The van der Waals surface area contributed by atoms with Gasteiger partial charge in [0.2, 0.25) is 0 Å². The number of nitrogens with zero attached hydrogens (tertiary/aromatic N) is 4. The maximum absolute atomic E-state index is 12.8. The summed E-state index contributed by atoms with van der Waals surface area (Å²) in [4.78, 5) is 29.2. The fourth-order valence-corrected chi connectivity index (χ4v) is 3.93. The van der Waals surface area contributed by atoms with Crippen molar-refractivity contribution in [3.8, 4) is 5.75 Å². The highest BCUT2D eigenvalue weighted by Gasteiger charge is 2.27. The summed E-state index contributed by atoms with van der Waals surface area (Å²) in [6.45, 7) is 6.96. The molecule has 0 aliphatic carbocycles. The Morgan fingerprint density at radius 1 is 0.931 bits per heavy atom. The zero-order valence-electron chi connectivity index (χ0n) is 17.1. The number of fused-ring (bicyclic) bond motifs is 1. The van der Waals surface area contributed by atoms with Crippen LogP contribution < -0.4 is 4.74 Å². The number of aromatic nitrogens is 2. The van der Waals surface area contributed by atoms with Crippen LogP contribution in [0.4, 0.5) is 0 Å². The zero-order chi connectivity index (χ0) is 20.4. The third kappa shape index (κ3) is 4.28. The number of hydrogen-bond acceptors (Lipinski definition) is 4. The first kappa shape index (κ1) is 19.5. The molecule has 154 valence electrons. The Kier molecular flexibility index (Phi) is 5.56. The number of piperazine rings is 1. The van der Waals surface area contributed by atoms with E-state index >= 15 is 0 Å². The molecule has 2 amide bonds. The Morgan fingerprint density at radius 3 is 2.21 bits per heavy atom. The van der Waals surface area contributed by atoms with Crippen LogP contribution in [0.15, 0.2) is 30.3 Å². The van der Waals surface area contributed by atoms with Crippen molar-refractivity contribution in [1.29, 1.82) is 0 Å². The molecule has 1 fully saturated rings. The molecule has 4 rings (SSSR count). The second-order valence-corrected chi connectivity index (χ2v) is 7.98. The van der Waals surface area contributed by atoms with Gasteiger partial charge in [-0.25, -0.2) is 0 Å². The van der Waals surface area contributed by atoms with E-state index in [0.29, 0.717) is 37.4 Å². The van der Waals surface area contributed by atoms with E-state index in [1.807, 2.05) is 36.7 Å². The van der Waals surface area contributed by atoms with E-state index in [2.05, 4.69) is 5.10 Å². The van der Waals surface area contributed by atoms with Crippen LogP contribution in [0.25, 0.3) is 0 Å². The van der Waals surface area contributed by atoms with E-state index < -0.39 is 0 Å². The Hall–Kier alpha value is -2.83. The first-order chi connectivity index (χ1) is 14.0. The Bertz CT molecular complexity index is 856. The smallest absolute Gasteiger partial charge is 0.274 e. The standard InChI is InChI=1S/C22H28N4O3/c1-16(2)29-19-8-6-17(7-9-19)21(27)24-11-13-25(14-12-24)22(28)20-15-18-5-3-4-10-26(18)23-20/h6-9,15-16H,3-5,10-14H2,1-2H3. The van der Waals surface area contributed by atoms with Crippen LogP contribution >= 0.6 is 0 Å².